The molecule has 0 atom stereocenters. The van der Waals surface area contributed by atoms with E-state index in [0.717, 1.165) is 5.56 Å². The molecule has 0 unspecified atom stereocenters. The van der Waals surface area contributed by atoms with Gasteiger partial charge in [-0.1, -0.05) is 41.9 Å². The van der Waals surface area contributed by atoms with Crippen LogP contribution in [0.1, 0.15) is 22.3 Å². The van der Waals surface area contributed by atoms with Crippen LogP contribution in [-0.4, -0.2) is 26.0 Å². The van der Waals surface area contributed by atoms with E-state index >= 15 is 0 Å². The van der Waals surface area contributed by atoms with Crippen molar-refractivity contribution in [1.82, 2.24) is 10.9 Å². The standard InChI is InChI=1S/C23H21ClN2O5S/c24-19-10-12-20(13-11-19)31-16-17-6-8-18(9-7-17)23(28)26-25-22(27)14-15-32(29,30)21-4-2-1-3-5-21/h1-13H,14-16H2,(H,25,27)(H,26,28). The van der Waals surface area contributed by atoms with E-state index in [-0.39, 0.29) is 17.1 Å². The lowest BCUT2D eigenvalue weighted by Crippen LogP contribution is -2.42. The van der Waals surface area contributed by atoms with Crippen LogP contribution in [0, 0.1) is 0 Å². The van der Waals surface area contributed by atoms with Gasteiger partial charge in [-0.3, -0.25) is 20.4 Å². The molecule has 0 saturated heterocycles. The summed E-state index contributed by atoms with van der Waals surface area (Å²) >= 11 is 5.84. The molecule has 7 nitrogen and oxygen atoms in total. The van der Waals surface area contributed by atoms with Crippen molar-refractivity contribution in [3.8, 4) is 5.75 Å². The number of carbonyl (C=O) groups excluding carboxylic acids is 2. The number of hydrogen-bond donors (Lipinski definition) is 2. The van der Waals surface area contributed by atoms with Crippen LogP contribution in [0.2, 0.25) is 5.02 Å². The second kappa shape index (κ2) is 10.8. The zero-order chi connectivity index (χ0) is 23.0. The molecule has 0 aromatic heterocycles. The van der Waals surface area contributed by atoms with Crippen molar-refractivity contribution in [1.29, 1.82) is 0 Å². The van der Waals surface area contributed by atoms with Crippen LogP contribution in [0.4, 0.5) is 0 Å². The predicted octanol–water partition coefficient (Wildman–Crippen LogP) is 3.54. The highest BCUT2D eigenvalue weighted by atomic mass is 35.5. The van der Waals surface area contributed by atoms with Crippen LogP contribution in [-0.2, 0) is 21.2 Å². The SMILES string of the molecule is O=C(CCS(=O)(=O)c1ccccc1)NNC(=O)c1ccc(COc2ccc(Cl)cc2)cc1. The topological polar surface area (TPSA) is 102 Å². The van der Waals surface area contributed by atoms with Crippen molar-refractivity contribution in [2.24, 2.45) is 0 Å². The first-order chi connectivity index (χ1) is 15.3. The number of carbonyl (C=O) groups is 2. The smallest absolute Gasteiger partial charge is 0.269 e. The fourth-order valence-electron chi connectivity index (χ4n) is 2.68. The van der Waals surface area contributed by atoms with Gasteiger partial charge in [0.1, 0.15) is 12.4 Å². The third-order valence-electron chi connectivity index (χ3n) is 4.45. The van der Waals surface area contributed by atoms with Gasteiger partial charge in [0.25, 0.3) is 5.91 Å². The van der Waals surface area contributed by atoms with E-state index in [0.29, 0.717) is 22.9 Å². The van der Waals surface area contributed by atoms with Gasteiger partial charge < -0.3 is 4.74 Å². The van der Waals surface area contributed by atoms with Gasteiger partial charge in [-0.25, -0.2) is 8.42 Å². The molecule has 0 aliphatic rings. The Morgan fingerprint density at radius 1 is 0.844 bits per heavy atom. The molecule has 2 amide bonds. The molecule has 2 N–H and O–H groups in total. The van der Waals surface area contributed by atoms with Crippen LogP contribution in [0.3, 0.4) is 0 Å². The van der Waals surface area contributed by atoms with Crippen molar-refractivity contribution in [3.63, 3.8) is 0 Å². The average molecular weight is 473 g/mol. The number of ether oxygens (including phenoxy) is 1. The molecule has 3 aromatic carbocycles. The zero-order valence-electron chi connectivity index (χ0n) is 17.0. The summed E-state index contributed by atoms with van der Waals surface area (Å²) < 4.78 is 30.1. The number of rotatable bonds is 8. The van der Waals surface area contributed by atoms with Crippen LogP contribution < -0.4 is 15.6 Å². The lowest BCUT2D eigenvalue weighted by molar-refractivity contribution is -0.121. The Labute approximate surface area is 191 Å². The summed E-state index contributed by atoms with van der Waals surface area (Å²) in [6, 6.07) is 21.5. The van der Waals surface area contributed by atoms with E-state index < -0.39 is 21.7 Å². The Balaban J connectivity index is 1.44. The quantitative estimate of drug-likeness (QED) is 0.488. The predicted molar refractivity (Wildman–Crippen MR) is 121 cm³/mol. The first-order valence-corrected chi connectivity index (χ1v) is 11.7. The van der Waals surface area contributed by atoms with E-state index in [4.69, 9.17) is 16.3 Å². The minimum Gasteiger partial charge on any atom is -0.489 e. The van der Waals surface area contributed by atoms with Crippen LogP contribution in [0.5, 0.6) is 5.75 Å². The maximum Gasteiger partial charge on any atom is 0.269 e. The van der Waals surface area contributed by atoms with Gasteiger partial charge in [-0.2, -0.15) is 0 Å². The number of halogens is 1. The summed E-state index contributed by atoms with van der Waals surface area (Å²) in [7, 11) is -3.57. The van der Waals surface area contributed by atoms with E-state index in [9.17, 15) is 18.0 Å². The molecule has 0 aliphatic heterocycles. The lowest BCUT2D eigenvalue weighted by Gasteiger charge is -2.09. The zero-order valence-corrected chi connectivity index (χ0v) is 18.5. The number of sulfone groups is 1. The maximum absolute atomic E-state index is 12.2. The molecule has 0 aliphatic carbocycles. The minimum absolute atomic E-state index is 0.150. The third-order valence-corrected chi connectivity index (χ3v) is 6.43. The largest absolute Gasteiger partial charge is 0.489 e. The lowest BCUT2D eigenvalue weighted by atomic mass is 10.1. The normalized spacial score (nSPS) is 10.9. The molecule has 0 radical (unpaired) electrons. The molecule has 0 saturated carbocycles. The molecular formula is C23H21ClN2O5S. The molecule has 3 rings (SSSR count). The first kappa shape index (κ1) is 23.3. The van der Waals surface area contributed by atoms with Gasteiger partial charge in [-0.15, -0.1) is 0 Å². The summed E-state index contributed by atoms with van der Waals surface area (Å²) in [6.07, 6.45) is -0.279. The Morgan fingerprint density at radius 3 is 2.16 bits per heavy atom. The highest BCUT2D eigenvalue weighted by Gasteiger charge is 2.16. The summed E-state index contributed by atoms with van der Waals surface area (Å²) in [5.74, 6) is -0.811. The van der Waals surface area contributed by atoms with E-state index in [1.165, 1.54) is 12.1 Å². The van der Waals surface area contributed by atoms with Gasteiger partial charge in [-0.05, 0) is 54.1 Å². The summed E-state index contributed by atoms with van der Waals surface area (Å²) in [5.41, 5.74) is 5.70. The van der Waals surface area contributed by atoms with Gasteiger partial charge in [0, 0.05) is 17.0 Å². The van der Waals surface area contributed by atoms with Crippen molar-refractivity contribution in [2.45, 2.75) is 17.9 Å². The van der Waals surface area contributed by atoms with E-state index in [2.05, 4.69) is 10.9 Å². The molecule has 9 heteroatoms. The fraction of sp³-hybridized carbons (Fsp3) is 0.130. The Hall–Kier alpha value is -3.36. The molecule has 0 fully saturated rings. The first-order valence-electron chi connectivity index (χ1n) is 9.68. The van der Waals surface area contributed by atoms with Gasteiger partial charge in [0.2, 0.25) is 5.91 Å². The summed E-state index contributed by atoms with van der Waals surface area (Å²) in [4.78, 5) is 24.3. The molecule has 3 aromatic rings. The van der Waals surface area contributed by atoms with E-state index in [1.807, 2.05) is 0 Å². The van der Waals surface area contributed by atoms with Gasteiger partial charge in [0.05, 0.1) is 10.6 Å². The molecular weight excluding hydrogens is 452 g/mol. The van der Waals surface area contributed by atoms with Crippen LogP contribution in [0.25, 0.3) is 0 Å². The molecule has 0 heterocycles. The van der Waals surface area contributed by atoms with Gasteiger partial charge in [0.15, 0.2) is 9.84 Å². The molecule has 166 valence electrons. The number of nitrogens with one attached hydrogen (secondary N) is 2. The second-order valence-corrected chi connectivity index (χ2v) is 9.37. The highest BCUT2D eigenvalue weighted by molar-refractivity contribution is 7.91. The van der Waals surface area contributed by atoms with Crippen molar-refractivity contribution in [3.05, 3.63) is 95.0 Å². The number of benzene rings is 3. The van der Waals surface area contributed by atoms with Crippen molar-refractivity contribution < 1.29 is 22.7 Å². The van der Waals surface area contributed by atoms with Gasteiger partial charge >= 0.3 is 0 Å². The Morgan fingerprint density at radius 2 is 1.50 bits per heavy atom. The highest BCUT2D eigenvalue weighted by Crippen LogP contribution is 2.17. The second-order valence-electron chi connectivity index (χ2n) is 6.82. The summed E-state index contributed by atoms with van der Waals surface area (Å²) in [5, 5.41) is 0.623. The Bertz CT molecular complexity index is 1170. The maximum atomic E-state index is 12.2. The molecule has 32 heavy (non-hydrogen) atoms. The fourth-order valence-corrected chi connectivity index (χ4v) is 4.07. The third kappa shape index (κ3) is 6.83. The number of hydrogen-bond acceptors (Lipinski definition) is 5. The van der Waals surface area contributed by atoms with Crippen molar-refractivity contribution in [2.75, 3.05) is 5.75 Å². The van der Waals surface area contributed by atoms with E-state index in [1.54, 1.807) is 66.7 Å². The number of hydrazine groups is 1. The van der Waals surface area contributed by atoms with Crippen LogP contribution in [0.15, 0.2) is 83.8 Å². The summed E-state index contributed by atoms with van der Waals surface area (Å²) in [6.45, 7) is 0.316. The monoisotopic (exact) mass is 472 g/mol. The average Bonchev–Trinajstić information content (AvgIpc) is 2.82. The number of amides is 2. The van der Waals surface area contributed by atoms with Crippen LogP contribution >= 0.6 is 11.6 Å². The Kier molecular flexibility index (Phi) is 7.86. The minimum atomic E-state index is -3.57. The molecule has 0 bridgehead atoms. The molecule has 0 spiro atoms. The van der Waals surface area contributed by atoms with Crippen molar-refractivity contribution >= 4 is 33.3 Å².